The third-order valence-electron chi connectivity index (χ3n) is 3.18. The average Bonchev–Trinajstić information content (AvgIpc) is 2.54. The maximum Gasteiger partial charge on any atom is 0.339 e. The summed E-state index contributed by atoms with van der Waals surface area (Å²) in [5.74, 6) is -1.21. The van der Waals surface area contributed by atoms with Gasteiger partial charge in [0.25, 0.3) is 5.91 Å². The number of anilines is 1. The number of carbonyl (C=O) groups is 2. The number of hydrogen-bond donors (Lipinski definition) is 2. The number of nitrogens with two attached hydrogens (primary N) is 1. The van der Waals surface area contributed by atoms with Crippen molar-refractivity contribution in [1.82, 2.24) is 0 Å². The normalized spacial score (nSPS) is 12.3. The van der Waals surface area contributed by atoms with Gasteiger partial charge in [-0.05, 0) is 59.8 Å². The number of primary sulfonamides is 1. The van der Waals surface area contributed by atoms with Gasteiger partial charge in [0.05, 0.1) is 10.5 Å². The highest BCUT2D eigenvalue weighted by Gasteiger charge is 2.20. The lowest BCUT2D eigenvalue weighted by Crippen LogP contribution is -2.30. The van der Waals surface area contributed by atoms with Gasteiger partial charge in [-0.3, -0.25) is 4.79 Å². The quantitative estimate of drug-likeness (QED) is 0.509. The van der Waals surface area contributed by atoms with Crippen LogP contribution in [0.2, 0.25) is 0 Å². The minimum atomic E-state index is -3.88. The number of rotatable bonds is 5. The lowest BCUT2D eigenvalue weighted by molar-refractivity contribution is -0.123. The Morgan fingerprint density at radius 2 is 1.84 bits per heavy atom. The number of amides is 1. The Kier molecular flexibility index (Phi) is 6.14. The van der Waals surface area contributed by atoms with E-state index in [-0.39, 0.29) is 10.6 Å². The van der Waals surface area contributed by atoms with E-state index >= 15 is 0 Å². The Morgan fingerprint density at radius 1 is 1.16 bits per heavy atom. The molecule has 0 saturated carbocycles. The molecular weight excluding hydrogens is 459 g/mol. The fraction of sp³-hybridized carbons (Fsp3) is 0.125. The van der Waals surface area contributed by atoms with Crippen molar-refractivity contribution in [3.63, 3.8) is 0 Å². The minimum absolute atomic E-state index is 0.131. The second-order valence-corrected chi connectivity index (χ2v) is 7.81. The molecule has 9 heteroatoms. The highest BCUT2D eigenvalue weighted by Crippen LogP contribution is 2.16. The summed E-state index contributed by atoms with van der Waals surface area (Å²) in [6.07, 6.45) is -1.07. The second kappa shape index (κ2) is 7.93. The number of sulfonamides is 1. The largest absolute Gasteiger partial charge is 0.449 e. The molecule has 0 radical (unpaired) electrons. The molecule has 0 fully saturated rings. The summed E-state index contributed by atoms with van der Waals surface area (Å²) in [5, 5.41) is 7.54. The third kappa shape index (κ3) is 5.25. The van der Waals surface area contributed by atoms with Crippen molar-refractivity contribution in [3.05, 3.63) is 57.7 Å². The van der Waals surface area contributed by atoms with E-state index in [1.165, 1.54) is 31.2 Å². The van der Waals surface area contributed by atoms with Gasteiger partial charge >= 0.3 is 5.97 Å². The molecule has 0 aliphatic carbocycles. The van der Waals surface area contributed by atoms with Gasteiger partial charge in [0.1, 0.15) is 0 Å². The predicted octanol–water partition coefficient (Wildman–Crippen LogP) is 2.12. The van der Waals surface area contributed by atoms with Gasteiger partial charge < -0.3 is 10.1 Å². The van der Waals surface area contributed by atoms with Crippen molar-refractivity contribution in [2.24, 2.45) is 5.14 Å². The summed E-state index contributed by atoms with van der Waals surface area (Å²) < 4.78 is 28.5. The van der Waals surface area contributed by atoms with Gasteiger partial charge in [0, 0.05) is 9.26 Å². The topological polar surface area (TPSA) is 116 Å². The van der Waals surface area contributed by atoms with Gasteiger partial charge in [-0.2, -0.15) is 0 Å². The van der Waals surface area contributed by atoms with E-state index in [0.717, 1.165) is 0 Å². The van der Waals surface area contributed by atoms with E-state index in [9.17, 15) is 18.0 Å². The fourth-order valence-electron chi connectivity index (χ4n) is 1.90. The number of hydrogen-bond acceptors (Lipinski definition) is 5. The Hall–Kier alpha value is -1.98. The molecule has 1 amide bonds. The Bertz CT molecular complexity index is 914. The first kappa shape index (κ1) is 19.3. The molecule has 0 aliphatic rings. The summed E-state index contributed by atoms with van der Waals surface area (Å²) in [6, 6.07) is 12.3. The molecule has 0 bridgehead atoms. The summed E-state index contributed by atoms with van der Waals surface area (Å²) >= 11 is 2.00. The number of halogens is 1. The summed E-state index contributed by atoms with van der Waals surface area (Å²) in [4.78, 5) is 24.1. The SMILES string of the molecule is CC(OC(=O)c1ccccc1I)C(=O)Nc1cccc(S(N)(=O)=O)c1. The monoisotopic (exact) mass is 474 g/mol. The van der Waals surface area contributed by atoms with Gasteiger partial charge in [0.2, 0.25) is 10.0 Å². The van der Waals surface area contributed by atoms with Crippen molar-refractivity contribution in [2.75, 3.05) is 5.32 Å². The van der Waals surface area contributed by atoms with Crippen LogP contribution in [0, 0.1) is 3.57 Å². The minimum Gasteiger partial charge on any atom is -0.449 e. The van der Waals surface area contributed by atoms with Crippen LogP contribution in [0.4, 0.5) is 5.69 Å². The molecule has 2 rings (SSSR count). The standard InChI is InChI=1S/C16H15IN2O5S/c1-10(24-16(21)13-7-2-3-8-14(13)17)15(20)19-11-5-4-6-12(9-11)25(18,22)23/h2-10H,1H3,(H,19,20)(H2,18,22,23). The van der Waals surface area contributed by atoms with Gasteiger partial charge in [-0.1, -0.05) is 18.2 Å². The zero-order chi connectivity index (χ0) is 18.6. The van der Waals surface area contributed by atoms with Crippen molar-refractivity contribution < 1.29 is 22.7 Å². The van der Waals surface area contributed by atoms with E-state index in [1.807, 2.05) is 22.6 Å². The first-order chi connectivity index (χ1) is 11.7. The van der Waals surface area contributed by atoms with E-state index in [2.05, 4.69) is 5.32 Å². The Labute approximate surface area is 158 Å². The smallest absolute Gasteiger partial charge is 0.339 e. The van der Waals surface area contributed by atoms with Crippen LogP contribution in [0.15, 0.2) is 53.4 Å². The highest BCUT2D eigenvalue weighted by atomic mass is 127. The van der Waals surface area contributed by atoms with Crippen LogP contribution in [-0.4, -0.2) is 26.4 Å². The van der Waals surface area contributed by atoms with Gasteiger partial charge in [-0.15, -0.1) is 0 Å². The molecule has 0 aliphatic heterocycles. The molecule has 132 valence electrons. The molecular formula is C16H15IN2O5S. The fourth-order valence-corrected chi connectivity index (χ4v) is 3.07. The van der Waals surface area contributed by atoms with Gasteiger partial charge in [0.15, 0.2) is 6.10 Å². The lowest BCUT2D eigenvalue weighted by Gasteiger charge is -2.14. The van der Waals surface area contributed by atoms with Crippen LogP contribution in [-0.2, 0) is 19.6 Å². The molecule has 2 aromatic carbocycles. The number of esters is 1. The molecule has 7 nitrogen and oxygen atoms in total. The van der Waals surface area contributed by atoms with E-state index in [1.54, 1.807) is 24.3 Å². The summed E-state index contributed by atoms with van der Waals surface area (Å²) in [7, 11) is -3.88. The molecule has 0 heterocycles. The maximum absolute atomic E-state index is 12.2. The maximum atomic E-state index is 12.2. The molecule has 1 unspecified atom stereocenters. The first-order valence-corrected chi connectivity index (χ1v) is 9.70. The molecule has 25 heavy (non-hydrogen) atoms. The third-order valence-corrected chi connectivity index (χ3v) is 5.03. The summed E-state index contributed by atoms with van der Waals surface area (Å²) in [5.41, 5.74) is 0.590. The number of benzene rings is 2. The highest BCUT2D eigenvalue weighted by molar-refractivity contribution is 14.1. The predicted molar refractivity (Wildman–Crippen MR) is 100 cm³/mol. The van der Waals surface area contributed by atoms with Crippen LogP contribution in [0.5, 0.6) is 0 Å². The van der Waals surface area contributed by atoms with Crippen LogP contribution >= 0.6 is 22.6 Å². The summed E-state index contributed by atoms with van der Waals surface area (Å²) in [6.45, 7) is 1.42. The van der Waals surface area contributed by atoms with Crippen molar-refractivity contribution in [2.45, 2.75) is 17.9 Å². The molecule has 2 aromatic rings. The molecule has 3 N–H and O–H groups in total. The van der Waals surface area contributed by atoms with E-state index in [4.69, 9.17) is 9.88 Å². The van der Waals surface area contributed by atoms with Crippen molar-refractivity contribution >= 4 is 50.2 Å². The van der Waals surface area contributed by atoms with Crippen LogP contribution in [0.25, 0.3) is 0 Å². The van der Waals surface area contributed by atoms with E-state index < -0.39 is 28.0 Å². The Morgan fingerprint density at radius 3 is 2.48 bits per heavy atom. The first-order valence-electron chi connectivity index (χ1n) is 7.07. The van der Waals surface area contributed by atoms with Crippen LogP contribution in [0.1, 0.15) is 17.3 Å². The number of ether oxygens (including phenoxy) is 1. The number of nitrogens with one attached hydrogen (secondary N) is 1. The molecule has 0 aromatic heterocycles. The Balaban J connectivity index is 2.06. The number of carbonyl (C=O) groups excluding carboxylic acids is 2. The molecule has 0 saturated heterocycles. The second-order valence-electron chi connectivity index (χ2n) is 5.09. The molecule has 0 spiro atoms. The average molecular weight is 474 g/mol. The van der Waals surface area contributed by atoms with Gasteiger partial charge in [-0.25, -0.2) is 18.4 Å². The van der Waals surface area contributed by atoms with Crippen LogP contribution in [0.3, 0.4) is 0 Å². The van der Waals surface area contributed by atoms with Crippen molar-refractivity contribution in [3.8, 4) is 0 Å². The van der Waals surface area contributed by atoms with Crippen LogP contribution < -0.4 is 10.5 Å². The van der Waals surface area contributed by atoms with Crippen molar-refractivity contribution in [1.29, 1.82) is 0 Å². The lowest BCUT2D eigenvalue weighted by atomic mass is 10.2. The zero-order valence-electron chi connectivity index (χ0n) is 13.1. The van der Waals surface area contributed by atoms with E-state index in [0.29, 0.717) is 9.13 Å². The molecule has 1 atom stereocenters. The zero-order valence-corrected chi connectivity index (χ0v) is 16.1.